The van der Waals surface area contributed by atoms with Crippen molar-refractivity contribution in [1.82, 2.24) is 5.32 Å². The minimum Gasteiger partial charge on any atom is -0.378 e. The monoisotopic (exact) mass is 328 g/mol. The first-order chi connectivity index (χ1) is 10.2. The van der Waals surface area contributed by atoms with Crippen LogP contribution in [-0.2, 0) is 13.3 Å². The van der Waals surface area contributed by atoms with Gasteiger partial charge < -0.3 is 18.6 Å². The first-order valence-corrected chi connectivity index (χ1v) is 11.8. The Kier molecular flexibility index (Phi) is 8.82. The third-order valence-electron chi connectivity index (χ3n) is 3.22. The lowest BCUT2D eigenvalue weighted by Gasteiger charge is -2.29. The molecule has 0 aliphatic rings. The van der Waals surface area contributed by atoms with Gasteiger partial charge in [-0.25, -0.2) is 0 Å². The molecule has 0 radical (unpaired) electrons. The molecule has 120 valence electrons. The van der Waals surface area contributed by atoms with E-state index < -0.39 is 8.80 Å². The van der Waals surface area contributed by atoms with E-state index >= 15 is 0 Å². The summed E-state index contributed by atoms with van der Waals surface area (Å²) in [6.45, 7) is 5.04. The lowest BCUT2D eigenvalue weighted by molar-refractivity contribution is 0.113. The van der Waals surface area contributed by atoms with Gasteiger partial charge in [0.15, 0.2) is 0 Å². The third kappa shape index (κ3) is 6.72. The fourth-order valence-corrected chi connectivity index (χ4v) is 5.82. The molecular formula is C14H28N2O3Si2. The van der Waals surface area contributed by atoms with E-state index in [0.717, 1.165) is 18.0 Å². The second-order valence-electron chi connectivity index (χ2n) is 4.97. The number of anilines is 1. The van der Waals surface area contributed by atoms with Gasteiger partial charge in [0.25, 0.3) is 0 Å². The quantitative estimate of drug-likeness (QED) is 0.476. The standard InChI is InChI=1S/C14H28N2O3Si2/c1-13(10-21(17-2,18-3)19-12-20-4)15-11-16-14-8-6-5-7-9-14/h5-9,13,15-16H,10-12,20H2,1-4H3. The van der Waals surface area contributed by atoms with Crippen molar-refractivity contribution in [3.63, 3.8) is 0 Å². The smallest absolute Gasteiger partial charge is 0.378 e. The van der Waals surface area contributed by atoms with E-state index in [9.17, 15) is 0 Å². The van der Waals surface area contributed by atoms with E-state index in [1.165, 1.54) is 0 Å². The van der Waals surface area contributed by atoms with Crippen molar-refractivity contribution in [1.29, 1.82) is 0 Å². The van der Waals surface area contributed by atoms with Crippen LogP contribution in [0.2, 0.25) is 12.6 Å². The molecule has 0 aromatic heterocycles. The highest BCUT2D eigenvalue weighted by atomic mass is 28.4. The Morgan fingerprint density at radius 3 is 2.43 bits per heavy atom. The van der Waals surface area contributed by atoms with Crippen LogP contribution < -0.4 is 10.6 Å². The van der Waals surface area contributed by atoms with Crippen LogP contribution in [0.25, 0.3) is 0 Å². The zero-order chi connectivity index (χ0) is 15.6. The molecule has 0 aliphatic carbocycles. The van der Waals surface area contributed by atoms with Crippen LogP contribution in [0.15, 0.2) is 30.3 Å². The van der Waals surface area contributed by atoms with Crippen LogP contribution in [-0.4, -0.2) is 51.5 Å². The molecule has 1 rings (SSSR count). The zero-order valence-corrected chi connectivity index (χ0v) is 15.9. The third-order valence-corrected chi connectivity index (χ3v) is 7.24. The number of para-hydroxylation sites is 1. The van der Waals surface area contributed by atoms with Crippen molar-refractivity contribution in [3.05, 3.63) is 30.3 Å². The minimum absolute atomic E-state index is 0.150. The van der Waals surface area contributed by atoms with Crippen LogP contribution >= 0.6 is 0 Å². The van der Waals surface area contributed by atoms with Gasteiger partial charge in [0.1, 0.15) is 0 Å². The first-order valence-electron chi connectivity index (χ1n) is 7.42. The average molecular weight is 329 g/mol. The van der Waals surface area contributed by atoms with Crippen LogP contribution in [0.1, 0.15) is 6.92 Å². The lowest BCUT2D eigenvalue weighted by Crippen LogP contribution is -2.49. The zero-order valence-electron chi connectivity index (χ0n) is 13.5. The molecule has 5 nitrogen and oxygen atoms in total. The molecule has 0 amide bonds. The van der Waals surface area contributed by atoms with Crippen molar-refractivity contribution in [2.75, 3.05) is 32.4 Å². The van der Waals surface area contributed by atoms with Gasteiger partial charge >= 0.3 is 8.80 Å². The molecule has 0 aliphatic heterocycles. The molecular weight excluding hydrogens is 300 g/mol. The van der Waals surface area contributed by atoms with E-state index in [-0.39, 0.29) is 15.6 Å². The Morgan fingerprint density at radius 2 is 1.86 bits per heavy atom. The van der Waals surface area contributed by atoms with E-state index in [1.807, 2.05) is 30.3 Å². The summed E-state index contributed by atoms with van der Waals surface area (Å²) in [6, 6.07) is 11.2. The summed E-state index contributed by atoms with van der Waals surface area (Å²) < 4.78 is 17.1. The van der Waals surface area contributed by atoms with Crippen LogP contribution in [0, 0.1) is 0 Å². The van der Waals surface area contributed by atoms with Gasteiger partial charge in [0.2, 0.25) is 0 Å². The molecule has 1 unspecified atom stereocenters. The molecule has 0 heterocycles. The van der Waals surface area contributed by atoms with E-state index in [2.05, 4.69) is 24.1 Å². The van der Waals surface area contributed by atoms with Crippen LogP contribution in [0.5, 0.6) is 0 Å². The molecule has 1 aromatic carbocycles. The Balaban J connectivity index is 2.37. The van der Waals surface area contributed by atoms with Crippen molar-refractivity contribution >= 4 is 24.0 Å². The van der Waals surface area contributed by atoms with Gasteiger partial charge in [-0.2, -0.15) is 0 Å². The maximum absolute atomic E-state index is 5.91. The number of hydrogen-bond donors (Lipinski definition) is 2. The first kappa shape index (κ1) is 18.3. The number of rotatable bonds is 11. The predicted octanol–water partition coefficient (Wildman–Crippen LogP) is 1.46. The Morgan fingerprint density at radius 1 is 1.19 bits per heavy atom. The summed E-state index contributed by atoms with van der Waals surface area (Å²) in [5.74, 6) is 0. The Bertz CT molecular complexity index is 378. The summed E-state index contributed by atoms with van der Waals surface area (Å²) in [4.78, 5) is 0. The maximum atomic E-state index is 5.91. The molecule has 0 fully saturated rings. The van der Waals surface area contributed by atoms with Gasteiger partial charge in [0.05, 0.1) is 6.67 Å². The number of nitrogens with one attached hydrogen (secondary N) is 2. The van der Waals surface area contributed by atoms with Crippen molar-refractivity contribution in [2.45, 2.75) is 25.6 Å². The molecule has 2 N–H and O–H groups in total. The number of hydrogen-bond acceptors (Lipinski definition) is 5. The van der Waals surface area contributed by atoms with E-state index in [4.69, 9.17) is 13.3 Å². The molecule has 0 saturated heterocycles. The molecule has 0 spiro atoms. The Labute approximate surface area is 131 Å². The summed E-state index contributed by atoms with van der Waals surface area (Å²) in [5, 5.41) is 6.76. The van der Waals surface area contributed by atoms with Crippen LogP contribution in [0.4, 0.5) is 5.69 Å². The SMILES string of the molecule is CO[Si](CC(C)NCNc1ccccc1)(OC)OC[SiH2]C. The average Bonchev–Trinajstić information content (AvgIpc) is 2.52. The second-order valence-corrected chi connectivity index (χ2v) is 9.26. The highest BCUT2D eigenvalue weighted by Gasteiger charge is 2.40. The maximum Gasteiger partial charge on any atom is 0.501 e. The summed E-state index contributed by atoms with van der Waals surface area (Å²) >= 11 is 0. The number of benzene rings is 1. The fourth-order valence-electron chi connectivity index (χ4n) is 2.01. The van der Waals surface area contributed by atoms with Gasteiger partial charge in [-0.1, -0.05) is 24.7 Å². The van der Waals surface area contributed by atoms with E-state index in [1.54, 1.807) is 14.2 Å². The summed E-state index contributed by atoms with van der Waals surface area (Å²) in [5.41, 5.74) is 1.10. The molecule has 1 aromatic rings. The Hall–Kier alpha value is -0.706. The summed E-state index contributed by atoms with van der Waals surface area (Å²) in [6.07, 6.45) is 0.808. The van der Waals surface area contributed by atoms with Gasteiger partial charge in [-0.3, -0.25) is 5.32 Å². The van der Waals surface area contributed by atoms with Crippen molar-refractivity contribution < 1.29 is 13.3 Å². The molecule has 1 atom stereocenters. The summed E-state index contributed by atoms with van der Waals surface area (Å²) in [7, 11) is 0.703. The normalized spacial score (nSPS) is 13.7. The molecule has 7 heteroatoms. The molecule has 0 bridgehead atoms. The van der Waals surface area contributed by atoms with Crippen LogP contribution in [0.3, 0.4) is 0 Å². The fraction of sp³-hybridized carbons (Fsp3) is 0.571. The van der Waals surface area contributed by atoms with Crippen molar-refractivity contribution in [2.24, 2.45) is 0 Å². The highest BCUT2D eigenvalue weighted by molar-refractivity contribution is 6.61. The minimum atomic E-state index is -2.51. The topological polar surface area (TPSA) is 51.8 Å². The van der Waals surface area contributed by atoms with Gasteiger partial charge in [0, 0.05) is 47.7 Å². The highest BCUT2D eigenvalue weighted by Crippen LogP contribution is 2.16. The van der Waals surface area contributed by atoms with E-state index in [0.29, 0.717) is 6.67 Å². The van der Waals surface area contributed by atoms with Gasteiger partial charge in [-0.05, 0) is 19.1 Å². The lowest BCUT2D eigenvalue weighted by atomic mass is 10.3. The predicted molar refractivity (Wildman–Crippen MR) is 92.5 cm³/mol. The van der Waals surface area contributed by atoms with Gasteiger partial charge in [-0.15, -0.1) is 0 Å². The second kappa shape index (κ2) is 10.1. The van der Waals surface area contributed by atoms with Crippen molar-refractivity contribution in [3.8, 4) is 0 Å². The molecule has 21 heavy (non-hydrogen) atoms. The molecule has 0 saturated carbocycles. The largest absolute Gasteiger partial charge is 0.501 e.